The first-order valence-electron chi connectivity index (χ1n) is 9.21. The van der Waals surface area contributed by atoms with Gasteiger partial charge in [-0.3, -0.25) is 14.9 Å². The van der Waals surface area contributed by atoms with Crippen LogP contribution in [0.1, 0.15) is 24.5 Å². The number of ether oxygens (including phenoxy) is 1. The van der Waals surface area contributed by atoms with Crippen molar-refractivity contribution in [2.75, 3.05) is 13.2 Å². The number of thiocarbonyl (C=S) groups is 1. The minimum atomic E-state index is -0.371. The average molecular weight is 431 g/mol. The number of hydrogen-bond donors (Lipinski definition) is 1. The van der Waals surface area contributed by atoms with Crippen molar-refractivity contribution in [2.45, 2.75) is 19.9 Å². The van der Waals surface area contributed by atoms with Gasteiger partial charge in [0, 0.05) is 24.2 Å². The number of benzene rings is 2. The summed E-state index contributed by atoms with van der Waals surface area (Å²) >= 11 is 11.5. The first-order chi connectivity index (χ1) is 14.0. The predicted molar refractivity (Wildman–Crippen MR) is 119 cm³/mol. The molecule has 1 amide bonds. The van der Waals surface area contributed by atoms with Crippen molar-refractivity contribution in [2.24, 2.45) is 0 Å². The van der Waals surface area contributed by atoms with Gasteiger partial charge in [-0.1, -0.05) is 60.1 Å². The van der Waals surface area contributed by atoms with Crippen LogP contribution in [-0.2, 0) is 20.9 Å². The molecule has 0 heterocycles. The van der Waals surface area contributed by atoms with Gasteiger partial charge in [0.25, 0.3) is 0 Å². The van der Waals surface area contributed by atoms with Crippen LogP contribution in [0.3, 0.4) is 0 Å². The van der Waals surface area contributed by atoms with E-state index in [1.807, 2.05) is 48.5 Å². The van der Waals surface area contributed by atoms with E-state index in [4.69, 9.17) is 28.6 Å². The van der Waals surface area contributed by atoms with E-state index in [0.717, 1.165) is 11.1 Å². The zero-order valence-electron chi connectivity index (χ0n) is 16.1. The molecule has 0 atom stereocenters. The molecule has 0 bridgehead atoms. The molecule has 1 N–H and O–H groups in total. The fourth-order valence-corrected chi connectivity index (χ4v) is 2.97. The normalized spacial score (nSPS) is 10.6. The van der Waals surface area contributed by atoms with Crippen LogP contribution in [0.4, 0.5) is 0 Å². The van der Waals surface area contributed by atoms with E-state index in [1.54, 1.807) is 24.0 Å². The molecule has 0 saturated heterocycles. The standard InChI is InChI=1S/C22H23ClN2O3S/c1-2-28-21(27)14-15-25(16-17-8-4-3-5-9-17)22(29)24-20(26)13-12-18-10-6-7-11-19(18)23/h3-13H,2,14-16H2,1H3,(H,24,26,29)/b13-12+. The van der Waals surface area contributed by atoms with Crippen molar-refractivity contribution in [1.29, 1.82) is 0 Å². The van der Waals surface area contributed by atoms with Gasteiger partial charge in [0.1, 0.15) is 0 Å². The van der Waals surface area contributed by atoms with Crippen molar-refractivity contribution >= 4 is 46.9 Å². The lowest BCUT2D eigenvalue weighted by molar-refractivity contribution is -0.143. The third-order valence-corrected chi connectivity index (χ3v) is 4.65. The Morgan fingerprint density at radius 2 is 1.83 bits per heavy atom. The monoisotopic (exact) mass is 430 g/mol. The molecule has 5 nitrogen and oxygen atoms in total. The van der Waals surface area contributed by atoms with E-state index in [0.29, 0.717) is 24.7 Å². The maximum atomic E-state index is 12.3. The zero-order chi connectivity index (χ0) is 21.1. The maximum Gasteiger partial charge on any atom is 0.307 e. The number of carbonyl (C=O) groups excluding carboxylic acids is 2. The second-order valence-corrected chi connectivity index (χ2v) is 6.91. The molecule has 152 valence electrons. The molecule has 0 unspecified atom stereocenters. The van der Waals surface area contributed by atoms with Gasteiger partial charge in [0.2, 0.25) is 5.91 Å². The number of amides is 1. The van der Waals surface area contributed by atoms with Crippen molar-refractivity contribution in [1.82, 2.24) is 10.2 Å². The Morgan fingerprint density at radius 3 is 2.52 bits per heavy atom. The van der Waals surface area contributed by atoms with E-state index in [1.165, 1.54) is 6.08 Å². The number of hydrogen-bond acceptors (Lipinski definition) is 4. The lowest BCUT2D eigenvalue weighted by Gasteiger charge is -2.25. The van der Waals surface area contributed by atoms with Gasteiger partial charge >= 0.3 is 5.97 Å². The Kier molecular flexibility index (Phi) is 9.34. The Balaban J connectivity index is 2.02. The number of rotatable bonds is 8. The van der Waals surface area contributed by atoms with E-state index >= 15 is 0 Å². The van der Waals surface area contributed by atoms with E-state index in [9.17, 15) is 9.59 Å². The summed E-state index contributed by atoms with van der Waals surface area (Å²) in [6, 6.07) is 16.9. The maximum absolute atomic E-state index is 12.3. The highest BCUT2D eigenvalue weighted by Gasteiger charge is 2.14. The summed E-state index contributed by atoms with van der Waals surface area (Å²) in [7, 11) is 0. The van der Waals surface area contributed by atoms with Crippen LogP contribution in [0, 0.1) is 0 Å². The third kappa shape index (κ3) is 8.05. The van der Waals surface area contributed by atoms with Gasteiger partial charge in [0.05, 0.1) is 13.0 Å². The van der Waals surface area contributed by atoms with E-state index < -0.39 is 0 Å². The summed E-state index contributed by atoms with van der Waals surface area (Å²) in [5, 5.41) is 3.48. The van der Waals surface area contributed by atoms with Crippen LogP contribution >= 0.6 is 23.8 Å². The molecule has 2 rings (SSSR count). The molecule has 0 fully saturated rings. The minimum absolute atomic E-state index is 0.173. The predicted octanol–water partition coefficient (Wildman–Crippen LogP) is 4.21. The summed E-state index contributed by atoms with van der Waals surface area (Å²) in [4.78, 5) is 25.8. The smallest absolute Gasteiger partial charge is 0.307 e. The van der Waals surface area contributed by atoms with Crippen LogP contribution < -0.4 is 5.32 Å². The summed E-state index contributed by atoms with van der Waals surface area (Å²) in [5.74, 6) is -0.678. The Labute approximate surface area is 181 Å². The second kappa shape index (κ2) is 12.0. The van der Waals surface area contributed by atoms with Crippen molar-refractivity contribution in [3.8, 4) is 0 Å². The van der Waals surface area contributed by atoms with Crippen LogP contribution in [-0.4, -0.2) is 35.0 Å². The summed E-state index contributed by atoms with van der Waals surface area (Å²) in [6.45, 7) is 2.88. The van der Waals surface area contributed by atoms with Gasteiger partial charge in [-0.15, -0.1) is 0 Å². The molecule has 0 radical (unpaired) electrons. The molecule has 0 aromatic heterocycles. The quantitative estimate of drug-likeness (QED) is 0.386. The molecular formula is C22H23ClN2O3S. The second-order valence-electron chi connectivity index (χ2n) is 6.11. The van der Waals surface area contributed by atoms with Crippen molar-refractivity contribution in [3.05, 3.63) is 76.8 Å². The first kappa shape index (κ1) is 22.6. The third-order valence-electron chi connectivity index (χ3n) is 3.94. The number of carbonyl (C=O) groups is 2. The molecule has 7 heteroatoms. The number of esters is 1. The Morgan fingerprint density at radius 1 is 1.14 bits per heavy atom. The van der Waals surface area contributed by atoms with Crippen LogP contribution in [0.15, 0.2) is 60.7 Å². The fourth-order valence-electron chi connectivity index (χ4n) is 2.52. The first-order valence-corrected chi connectivity index (χ1v) is 10.00. The Hall–Kier alpha value is -2.70. The van der Waals surface area contributed by atoms with Crippen LogP contribution in [0.2, 0.25) is 5.02 Å². The van der Waals surface area contributed by atoms with Gasteiger partial charge in [-0.25, -0.2) is 0 Å². The summed E-state index contributed by atoms with van der Waals surface area (Å²) in [5.41, 5.74) is 1.75. The van der Waals surface area contributed by atoms with Gasteiger partial charge in [-0.05, 0) is 42.4 Å². The Bertz CT molecular complexity index is 871. The summed E-state index contributed by atoms with van der Waals surface area (Å²) < 4.78 is 4.98. The lowest BCUT2D eigenvalue weighted by Crippen LogP contribution is -2.42. The summed E-state index contributed by atoms with van der Waals surface area (Å²) in [6.07, 6.45) is 3.17. The lowest BCUT2D eigenvalue weighted by atomic mass is 10.2. The van der Waals surface area contributed by atoms with Crippen LogP contribution in [0.25, 0.3) is 6.08 Å². The van der Waals surface area contributed by atoms with E-state index in [-0.39, 0.29) is 23.4 Å². The molecule has 2 aromatic carbocycles. The number of nitrogens with zero attached hydrogens (tertiary/aromatic N) is 1. The molecule has 0 aliphatic rings. The van der Waals surface area contributed by atoms with Gasteiger partial charge in [0.15, 0.2) is 5.11 Å². The highest BCUT2D eigenvalue weighted by Crippen LogP contribution is 2.16. The molecule has 0 spiro atoms. The zero-order valence-corrected chi connectivity index (χ0v) is 17.7. The van der Waals surface area contributed by atoms with Crippen molar-refractivity contribution < 1.29 is 14.3 Å². The average Bonchev–Trinajstić information content (AvgIpc) is 2.71. The molecular weight excluding hydrogens is 408 g/mol. The fraction of sp³-hybridized carbons (Fsp3) is 0.227. The largest absolute Gasteiger partial charge is 0.466 e. The van der Waals surface area contributed by atoms with Gasteiger partial charge < -0.3 is 9.64 Å². The highest BCUT2D eigenvalue weighted by atomic mass is 35.5. The molecule has 0 aliphatic heterocycles. The topological polar surface area (TPSA) is 58.6 Å². The molecule has 29 heavy (non-hydrogen) atoms. The van der Waals surface area contributed by atoms with E-state index in [2.05, 4.69) is 5.32 Å². The molecule has 0 aliphatic carbocycles. The van der Waals surface area contributed by atoms with Gasteiger partial charge in [-0.2, -0.15) is 0 Å². The van der Waals surface area contributed by atoms with Crippen LogP contribution in [0.5, 0.6) is 0 Å². The molecule has 2 aromatic rings. The molecule has 0 saturated carbocycles. The highest BCUT2D eigenvalue weighted by molar-refractivity contribution is 7.80. The SMILES string of the molecule is CCOC(=O)CCN(Cc1ccccc1)C(=S)NC(=O)/C=C/c1ccccc1Cl. The number of halogens is 1. The van der Waals surface area contributed by atoms with Crippen molar-refractivity contribution in [3.63, 3.8) is 0 Å². The number of nitrogens with one attached hydrogen (secondary N) is 1. The minimum Gasteiger partial charge on any atom is -0.466 e.